The number of aromatic nitrogens is 2. The van der Waals surface area contributed by atoms with Gasteiger partial charge in [0.15, 0.2) is 0 Å². The molecule has 1 aromatic carbocycles. The van der Waals surface area contributed by atoms with Gasteiger partial charge in [0.05, 0.1) is 5.54 Å². The Kier molecular flexibility index (Phi) is 3.29. The third-order valence-electron chi connectivity index (χ3n) is 3.77. The minimum Gasteiger partial charge on any atom is -0.340 e. The van der Waals surface area contributed by atoms with Crippen molar-refractivity contribution < 1.29 is 14.1 Å². The van der Waals surface area contributed by atoms with E-state index in [9.17, 15) is 9.59 Å². The van der Waals surface area contributed by atoms with Crippen LogP contribution in [0.4, 0.5) is 0 Å². The Morgan fingerprint density at radius 1 is 1.33 bits per heavy atom. The van der Waals surface area contributed by atoms with E-state index in [1.165, 1.54) is 0 Å². The van der Waals surface area contributed by atoms with Crippen LogP contribution < -0.4 is 5.32 Å². The summed E-state index contributed by atoms with van der Waals surface area (Å²) in [6, 6.07) is 6.89. The fourth-order valence-corrected chi connectivity index (χ4v) is 2.32. The smallest absolute Gasteiger partial charge is 0.252 e. The molecule has 1 fully saturated rings. The summed E-state index contributed by atoms with van der Waals surface area (Å²) in [6.45, 7) is 1.72. The highest BCUT2D eigenvalue weighted by Gasteiger charge is 2.38. The number of hydrogen-bond donors (Lipinski definition) is 1. The molecule has 1 aromatic heterocycles. The van der Waals surface area contributed by atoms with Crippen molar-refractivity contribution in [2.45, 2.75) is 31.7 Å². The summed E-state index contributed by atoms with van der Waals surface area (Å²) in [4.78, 5) is 27.3. The number of carbonyl (C=O) groups excluding carboxylic acids is 2. The Morgan fingerprint density at radius 2 is 2.05 bits per heavy atom. The summed E-state index contributed by atoms with van der Waals surface area (Å²) in [5, 5.41) is 6.63. The molecular formula is C15H15N3O3. The van der Waals surface area contributed by atoms with Gasteiger partial charge < -0.3 is 14.6 Å². The maximum atomic E-state index is 12.1. The Morgan fingerprint density at radius 3 is 2.52 bits per heavy atom. The first-order chi connectivity index (χ1) is 10.1. The molecule has 0 aliphatic heterocycles. The molecule has 0 bridgehead atoms. The second-order valence-electron chi connectivity index (χ2n) is 5.30. The molecule has 2 aromatic rings. The van der Waals surface area contributed by atoms with Gasteiger partial charge in [-0.1, -0.05) is 17.3 Å². The van der Waals surface area contributed by atoms with Crippen LogP contribution in [0.15, 0.2) is 28.8 Å². The van der Waals surface area contributed by atoms with Crippen molar-refractivity contribution in [3.63, 3.8) is 0 Å². The average molecular weight is 285 g/mol. The largest absolute Gasteiger partial charge is 0.340 e. The summed E-state index contributed by atoms with van der Waals surface area (Å²) in [5.41, 5.74) is 0.616. The van der Waals surface area contributed by atoms with Crippen molar-refractivity contribution in [1.82, 2.24) is 15.5 Å². The summed E-state index contributed by atoms with van der Waals surface area (Å²) < 4.78 is 4.92. The highest BCUT2D eigenvalue weighted by atomic mass is 16.5. The van der Waals surface area contributed by atoms with Crippen LogP contribution in [0.3, 0.4) is 0 Å². The van der Waals surface area contributed by atoms with E-state index in [-0.39, 0.29) is 5.91 Å². The molecule has 1 saturated carbocycles. The number of nitrogens with zero attached hydrogens (tertiary/aromatic N) is 2. The van der Waals surface area contributed by atoms with Gasteiger partial charge in [-0.15, -0.1) is 0 Å². The third-order valence-corrected chi connectivity index (χ3v) is 3.77. The van der Waals surface area contributed by atoms with E-state index in [4.69, 9.17) is 4.52 Å². The Balaban J connectivity index is 1.74. The SMILES string of the molecule is Cc1nc(-c2ccc(C(=O)NC3(C=O)CCC3)cc2)no1. The lowest BCUT2D eigenvalue weighted by molar-refractivity contribution is -0.115. The molecule has 6 heteroatoms. The summed E-state index contributed by atoms with van der Waals surface area (Å²) in [6.07, 6.45) is 3.23. The quantitative estimate of drug-likeness (QED) is 0.867. The standard InChI is InChI=1S/C15H15N3O3/c1-10-16-13(18-21-10)11-3-5-12(6-4-11)14(20)17-15(9-19)7-2-8-15/h3-6,9H,2,7-8H2,1H3,(H,17,20). The highest BCUT2D eigenvalue weighted by Crippen LogP contribution is 2.30. The van der Waals surface area contributed by atoms with Crippen molar-refractivity contribution in [1.29, 1.82) is 0 Å². The molecule has 0 saturated heterocycles. The fraction of sp³-hybridized carbons (Fsp3) is 0.333. The zero-order chi connectivity index (χ0) is 14.9. The van der Waals surface area contributed by atoms with Gasteiger partial charge >= 0.3 is 0 Å². The van der Waals surface area contributed by atoms with Crippen LogP contribution in [0.5, 0.6) is 0 Å². The first-order valence-corrected chi connectivity index (χ1v) is 6.81. The van der Waals surface area contributed by atoms with Crippen LogP contribution in [-0.2, 0) is 4.79 Å². The number of amides is 1. The zero-order valence-electron chi connectivity index (χ0n) is 11.6. The first-order valence-electron chi connectivity index (χ1n) is 6.81. The highest BCUT2D eigenvalue weighted by molar-refractivity contribution is 5.97. The molecular weight excluding hydrogens is 270 g/mol. The van der Waals surface area contributed by atoms with Crippen molar-refractivity contribution in [2.24, 2.45) is 0 Å². The Labute approximate surface area is 121 Å². The second kappa shape index (κ2) is 5.12. The molecule has 1 aliphatic carbocycles. The van der Waals surface area contributed by atoms with Gasteiger partial charge in [0.2, 0.25) is 11.7 Å². The van der Waals surface area contributed by atoms with Crippen LogP contribution in [-0.4, -0.2) is 27.9 Å². The Hall–Kier alpha value is -2.50. The van der Waals surface area contributed by atoms with Gasteiger partial charge in [-0.3, -0.25) is 4.79 Å². The van der Waals surface area contributed by atoms with E-state index >= 15 is 0 Å². The molecule has 3 rings (SSSR count). The number of aldehydes is 1. The second-order valence-corrected chi connectivity index (χ2v) is 5.30. The van der Waals surface area contributed by atoms with Crippen LogP contribution >= 0.6 is 0 Å². The fourth-order valence-electron chi connectivity index (χ4n) is 2.32. The van der Waals surface area contributed by atoms with Crippen molar-refractivity contribution in [2.75, 3.05) is 0 Å². The molecule has 0 unspecified atom stereocenters. The van der Waals surface area contributed by atoms with Gasteiger partial charge in [0.25, 0.3) is 5.91 Å². The molecule has 0 spiro atoms. The molecule has 1 amide bonds. The summed E-state index contributed by atoms with van der Waals surface area (Å²) in [7, 11) is 0. The molecule has 21 heavy (non-hydrogen) atoms. The van der Waals surface area contributed by atoms with E-state index < -0.39 is 5.54 Å². The number of hydrogen-bond acceptors (Lipinski definition) is 5. The Bertz CT molecular complexity index is 672. The van der Waals surface area contributed by atoms with Gasteiger partial charge in [-0.05, 0) is 31.4 Å². The number of carbonyl (C=O) groups is 2. The van der Waals surface area contributed by atoms with E-state index in [2.05, 4.69) is 15.5 Å². The summed E-state index contributed by atoms with van der Waals surface area (Å²) >= 11 is 0. The zero-order valence-corrected chi connectivity index (χ0v) is 11.6. The molecule has 1 N–H and O–H groups in total. The molecule has 1 aliphatic rings. The predicted octanol–water partition coefficient (Wildman–Crippen LogP) is 1.90. The maximum absolute atomic E-state index is 12.1. The van der Waals surface area contributed by atoms with Crippen molar-refractivity contribution in [3.05, 3.63) is 35.7 Å². The number of aryl methyl sites for hydroxylation is 1. The maximum Gasteiger partial charge on any atom is 0.252 e. The molecule has 1 heterocycles. The third kappa shape index (κ3) is 2.56. The lowest BCUT2D eigenvalue weighted by atomic mass is 9.78. The molecule has 0 atom stereocenters. The van der Waals surface area contributed by atoms with Crippen molar-refractivity contribution >= 4 is 12.2 Å². The molecule has 0 radical (unpaired) electrons. The van der Waals surface area contributed by atoms with Gasteiger partial charge in [0.1, 0.15) is 6.29 Å². The molecule has 108 valence electrons. The normalized spacial score (nSPS) is 16.0. The van der Waals surface area contributed by atoms with Crippen LogP contribution in [0.1, 0.15) is 35.5 Å². The van der Waals surface area contributed by atoms with Gasteiger partial charge in [0, 0.05) is 18.1 Å². The van der Waals surface area contributed by atoms with Gasteiger partial charge in [-0.25, -0.2) is 0 Å². The monoisotopic (exact) mass is 285 g/mol. The van der Waals surface area contributed by atoms with E-state index in [0.717, 1.165) is 18.3 Å². The lowest BCUT2D eigenvalue weighted by Gasteiger charge is -2.37. The van der Waals surface area contributed by atoms with Crippen LogP contribution in [0, 0.1) is 6.92 Å². The van der Waals surface area contributed by atoms with Crippen LogP contribution in [0.25, 0.3) is 11.4 Å². The first kappa shape index (κ1) is 13.5. The minimum atomic E-state index is -0.666. The predicted molar refractivity (Wildman–Crippen MR) is 74.6 cm³/mol. The van der Waals surface area contributed by atoms with E-state index in [0.29, 0.717) is 30.1 Å². The minimum absolute atomic E-state index is 0.238. The van der Waals surface area contributed by atoms with Crippen molar-refractivity contribution in [3.8, 4) is 11.4 Å². The molecule has 6 nitrogen and oxygen atoms in total. The van der Waals surface area contributed by atoms with Gasteiger partial charge in [-0.2, -0.15) is 4.98 Å². The topological polar surface area (TPSA) is 85.1 Å². The number of benzene rings is 1. The van der Waals surface area contributed by atoms with E-state index in [1.807, 2.05) is 0 Å². The average Bonchev–Trinajstić information content (AvgIpc) is 2.89. The van der Waals surface area contributed by atoms with E-state index in [1.54, 1.807) is 31.2 Å². The summed E-state index contributed by atoms with van der Waals surface area (Å²) in [5.74, 6) is 0.741. The number of rotatable bonds is 4. The van der Waals surface area contributed by atoms with Crippen LogP contribution in [0.2, 0.25) is 0 Å². The number of nitrogens with one attached hydrogen (secondary N) is 1. The lowest BCUT2D eigenvalue weighted by Crippen LogP contribution is -2.54.